The lowest BCUT2D eigenvalue weighted by atomic mass is 10.2. The summed E-state index contributed by atoms with van der Waals surface area (Å²) in [5, 5.41) is 9.44. The monoisotopic (exact) mass is 408 g/mol. The van der Waals surface area contributed by atoms with Gasteiger partial charge in [-0.1, -0.05) is 60.3 Å². The van der Waals surface area contributed by atoms with Crippen molar-refractivity contribution < 1.29 is 9.53 Å². The van der Waals surface area contributed by atoms with Crippen LogP contribution < -0.4 is 4.74 Å². The minimum Gasteiger partial charge on any atom is -0.486 e. The molecule has 4 rings (SSSR count). The first kappa shape index (κ1) is 19.5. The zero-order valence-corrected chi connectivity index (χ0v) is 17.1. The number of aromatic nitrogens is 3. The number of hydrogen-bond donors (Lipinski definition) is 0. The molecule has 1 fully saturated rings. The molecule has 0 atom stereocenters. The molecule has 0 unspecified atom stereocenters. The highest BCUT2D eigenvalue weighted by Gasteiger charge is 2.20. The Balaban J connectivity index is 1.48. The molecule has 0 N–H and O–H groups in total. The van der Waals surface area contributed by atoms with Gasteiger partial charge in [0, 0.05) is 13.1 Å². The summed E-state index contributed by atoms with van der Waals surface area (Å²) < 4.78 is 7.92. The molecular weight excluding hydrogens is 384 g/mol. The molecule has 2 heterocycles. The van der Waals surface area contributed by atoms with Gasteiger partial charge in [0.1, 0.15) is 12.4 Å². The highest BCUT2D eigenvalue weighted by Crippen LogP contribution is 2.21. The van der Waals surface area contributed by atoms with Crippen LogP contribution in [0.1, 0.15) is 24.2 Å². The SMILES string of the molecule is O=C(CSc1nnc(COc2ccccc2)n1Cc1ccccc1)N1CCCC1. The van der Waals surface area contributed by atoms with Gasteiger partial charge in [0.15, 0.2) is 11.0 Å². The summed E-state index contributed by atoms with van der Waals surface area (Å²) in [5.74, 6) is 2.09. The van der Waals surface area contributed by atoms with Gasteiger partial charge < -0.3 is 9.64 Å². The van der Waals surface area contributed by atoms with Gasteiger partial charge in [-0.15, -0.1) is 10.2 Å². The van der Waals surface area contributed by atoms with E-state index in [1.807, 2.05) is 58.0 Å². The van der Waals surface area contributed by atoms with E-state index in [1.165, 1.54) is 11.8 Å². The standard InChI is InChI=1S/C22H24N4O2S/c27-21(25-13-7-8-14-25)17-29-22-24-23-20(16-28-19-11-5-2-6-12-19)26(22)15-18-9-3-1-4-10-18/h1-6,9-12H,7-8,13-17H2. The Morgan fingerprint density at radius 2 is 1.66 bits per heavy atom. The molecule has 29 heavy (non-hydrogen) atoms. The number of thioether (sulfide) groups is 1. The normalized spacial score (nSPS) is 13.6. The number of carbonyl (C=O) groups excluding carboxylic acids is 1. The Bertz CT molecular complexity index is 925. The maximum absolute atomic E-state index is 12.4. The fraction of sp³-hybridized carbons (Fsp3) is 0.318. The molecule has 0 spiro atoms. The third-order valence-corrected chi connectivity index (χ3v) is 5.82. The fourth-order valence-corrected chi connectivity index (χ4v) is 4.17. The van der Waals surface area contributed by atoms with Gasteiger partial charge in [-0.2, -0.15) is 0 Å². The van der Waals surface area contributed by atoms with Crippen LogP contribution in [0, 0.1) is 0 Å². The van der Waals surface area contributed by atoms with E-state index < -0.39 is 0 Å². The first-order chi connectivity index (χ1) is 14.3. The van der Waals surface area contributed by atoms with Crippen molar-refractivity contribution in [2.24, 2.45) is 0 Å². The molecule has 1 amide bonds. The molecule has 150 valence electrons. The molecule has 1 aliphatic rings. The van der Waals surface area contributed by atoms with Gasteiger partial charge in [-0.25, -0.2) is 0 Å². The van der Waals surface area contributed by atoms with E-state index in [2.05, 4.69) is 22.3 Å². The van der Waals surface area contributed by atoms with Crippen LogP contribution in [0.25, 0.3) is 0 Å². The Morgan fingerprint density at radius 3 is 2.38 bits per heavy atom. The molecule has 0 bridgehead atoms. The van der Waals surface area contributed by atoms with Crippen LogP contribution in [0.2, 0.25) is 0 Å². The van der Waals surface area contributed by atoms with Gasteiger partial charge >= 0.3 is 0 Å². The highest BCUT2D eigenvalue weighted by atomic mass is 32.2. The van der Waals surface area contributed by atoms with Crippen LogP contribution >= 0.6 is 11.8 Å². The van der Waals surface area contributed by atoms with Crippen molar-refractivity contribution in [2.45, 2.75) is 31.1 Å². The van der Waals surface area contributed by atoms with E-state index in [-0.39, 0.29) is 5.91 Å². The highest BCUT2D eigenvalue weighted by molar-refractivity contribution is 7.99. The molecule has 6 nitrogen and oxygen atoms in total. The molecule has 1 saturated heterocycles. The number of nitrogens with zero attached hydrogens (tertiary/aromatic N) is 4. The first-order valence-electron chi connectivity index (χ1n) is 9.84. The Hall–Kier alpha value is -2.80. The lowest BCUT2D eigenvalue weighted by molar-refractivity contribution is -0.127. The Labute approximate surface area is 174 Å². The van der Waals surface area contributed by atoms with Gasteiger partial charge in [0.05, 0.1) is 12.3 Å². The van der Waals surface area contributed by atoms with Crippen LogP contribution in [0.3, 0.4) is 0 Å². The van der Waals surface area contributed by atoms with E-state index in [4.69, 9.17) is 4.74 Å². The number of likely N-dealkylation sites (tertiary alicyclic amines) is 1. The van der Waals surface area contributed by atoms with Gasteiger partial charge in [-0.3, -0.25) is 9.36 Å². The van der Waals surface area contributed by atoms with Crippen molar-refractivity contribution in [2.75, 3.05) is 18.8 Å². The second kappa shape index (κ2) is 9.60. The van der Waals surface area contributed by atoms with Gasteiger partial charge in [0.2, 0.25) is 5.91 Å². The summed E-state index contributed by atoms with van der Waals surface area (Å²) in [4.78, 5) is 14.4. The summed E-state index contributed by atoms with van der Waals surface area (Å²) in [6.45, 7) is 2.70. The maximum Gasteiger partial charge on any atom is 0.233 e. The Kier molecular flexibility index (Phi) is 6.46. The summed E-state index contributed by atoms with van der Waals surface area (Å²) >= 11 is 1.45. The largest absolute Gasteiger partial charge is 0.486 e. The smallest absolute Gasteiger partial charge is 0.233 e. The molecule has 0 radical (unpaired) electrons. The topological polar surface area (TPSA) is 60.2 Å². The predicted octanol–water partition coefficient (Wildman–Crippen LogP) is 3.62. The lowest BCUT2D eigenvalue weighted by Crippen LogP contribution is -2.29. The third-order valence-electron chi connectivity index (χ3n) is 4.87. The molecular formula is C22H24N4O2S. The lowest BCUT2D eigenvalue weighted by Gasteiger charge is -2.15. The van der Waals surface area contributed by atoms with Crippen LogP contribution in [0.15, 0.2) is 65.8 Å². The van der Waals surface area contributed by atoms with E-state index in [9.17, 15) is 4.79 Å². The quantitative estimate of drug-likeness (QED) is 0.533. The second-order valence-electron chi connectivity index (χ2n) is 6.95. The van der Waals surface area contributed by atoms with Crippen LogP contribution in [0.5, 0.6) is 5.75 Å². The molecule has 1 aliphatic heterocycles. The number of benzene rings is 2. The number of rotatable bonds is 8. The minimum absolute atomic E-state index is 0.170. The molecule has 0 saturated carbocycles. The number of hydrogen-bond acceptors (Lipinski definition) is 5. The van der Waals surface area contributed by atoms with Crippen molar-refractivity contribution in [3.63, 3.8) is 0 Å². The van der Waals surface area contributed by atoms with Gasteiger partial charge in [-0.05, 0) is 30.5 Å². The molecule has 2 aromatic carbocycles. The maximum atomic E-state index is 12.4. The number of amides is 1. The van der Waals surface area contributed by atoms with E-state index in [0.29, 0.717) is 18.9 Å². The van der Waals surface area contributed by atoms with Crippen molar-refractivity contribution in [1.29, 1.82) is 0 Å². The molecule has 1 aromatic heterocycles. The Morgan fingerprint density at radius 1 is 0.966 bits per heavy atom. The van der Waals surface area contributed by atoms with Crippen molar-refractivity contribution in [1.82, 2.24) is 19.7 Å². The predicted molar refractivity (Wildman–Crippen MR) is 113 cm³/mol. The van der Waals surface area contributed by atoms with E-state index >= 15 is 0 Å². The fourth-order valence-electron chi connectivity index (χ4n) is 3.31. The van der Waals surface area contributed by atoms with Gasteiger partial charge in [0.25, 0.3) is 0 Å². The summed E-state index contributed by atoms with van der Waals surface area (Å²) in [6.07, 6.45) is 2.20. The number of carbonyl (C=O) groups is 1. The summed E-state index contributed by atoms with van der Waals surface area (Å²) in [7, 11) is 0. The molecule has 0 aliphatic carbocycles. The molecule has 7 heteroatoms. The molecule has 3 aromatic rings. The minimum atomic E-state index is 0.170. The van der Waals surface area contributed by atoms with E-state index in [0.717, 1.165) is 48.2 Å². The van der Waals surface area contributed by atoms with Crippen LogP contribution in [-0.2, 0) is 17.9 Å². The van der Waals surface area contributed by atoms with E-state index in [1.54, 1.807) is 0 Å². The van der Waals surface area contributed by atoms with Crippen molar-refractivity contribution in [3.8, 4) is 5.75 Å². The first-order valence-corrected chi connectivity index (χ1v) is 10.8. The number of ether oxygens (including phenoxy) is 1. The zero-order chi connectivity index (χ0) is 19.9. The summed E-state index contributed by atoms with van der Waals surface area (Å²) in [6, 6.07) is 19.9. The van der Waals surface area contributed by atoms with Crippen LogP contribution in [0.4, 0.5) is 0 Å². The van der Waals surface area contributed by atoms with Crippen molar-refractivity contribution >= 4 is 17.7 Å². The second-order valence-corrected chi connectivity index (χ2v) is 7.89. The summed E-state index contributed by atoms with van der Waals surface area (Å²) in [5.41, 5.74) is 1.15. The average molecular weight is 409 g/mol. The third kappa shape index (κ3) is 5.17. The van der Waals surface area contributed by atoms with Crippen molar-refractivity contribution in [3.05, 3.63) is 72.1 Å². The average Bonchev–Trinajstić information content (AvgIpc) is 3.43. The number of para-hydroxylation sites is 1. The van der Waals surface area contributed by atoms with Crippen LogP contribution in [-0.4, -0.2) is 44.4 Å². The zero-order valence-electron chi connectivity index (χ0n) is 16.2.